The molecule has 2 heteroatoms. The lowest BCUT2D eigenvalue weighted by atomic mass is 10.1. The molecule has 0 unspecified atom stereocenters. The Morgan fingerprint density at radius 1 is 0.913 bits per heavy atom. The van der Waals surface area contributed by atoms with Crippen LogP contribution in [-0.4, -0.2) is 18.5 Å². The summed E-state index contributed by atoms with van der Waals surface area (Å²) in [6, 6.07) is 0. The fourth-order valence-corrected chi connectivity index (χ4v) is 2.95. The van der Waals surface area contributed by atoms with Crippen molar-refractivity contribution in [2.75, 3.05) is 6.61 Å². The van der Waals surface area contributed by atoms with E-state index in [4.69, 9.17) is 4.74 Å². The number of hydrogen-bond donors (Lipinski definition) is 0. The van der Waals surface area contributed by atoms with Crippen molar-refractivity contribution >= 4 is 5.78 Å². The van der Waals surface area contributed by atoms with Gasteiger partial charge in [-0.15, -0.1) is 0 Å². The van der Waals surface area contributed by atoms with Gasteiger partial charge in [0, 0.05) is 6.42 Å². The number of ketones is 1. The largest absolute Gasteiger partial charge is 0.370 e. The molecule has 0 aromatic rings. The minimum atomic E-state index is 0.223. The van der Waals surface area contributed by atoms with Crippen LogP contribution in [0.5, 0.6) is 0 Å². The average Bonchev–Trinajstić information content (AvgIpc) is 2.96. The van der Waals surface area contributed by atoms with E-state index in [1.54, 1.807) is 0 Å². The Kier molecular flexibility index (Phi) is 12.9. The van der Waals surface area contributed by atoms with Crippen molar-refractivity contribution in [3.05, 3.63) is 24.3 Å². The first-order chi connectivity index (χ1) is 11.3. The van der Waals surface area contributed by atoms with E-state index in [-0.39, 0.29) is 11.9 Å². The molecule has 0 N–H and O–H groups in total. The number of carbonyl (C=O) groups excluding carboxylic acids is 1. The fourth-order valence-electron chi connectivity index (χ4n) is 2.95. The van der Waals surface area contributed by atoms with Gasteiger partial charge in [-0.25, -0.2) is 0 Å². The molecule has 0 saturated carbocycles. The highest BCUT2D eigenvalue weighted by Crippen LogP contribution is 2.17. The predicted molar refractivity (Wildman–Crippen MR) is 98.7 cm³/mol. The number of hydrogen-bond acceptors (Lipinski definition) is 2. The van der Waals surface area contributed by atoms with Crippen LogP contribution in [0, 0.1) is 0 Å². The van der Waals surface area contributed by atoms with E-state index in [9.17, 15) is 4.79 Å². The average molecular weight is 321 g/mol. The molecule has 1 aliphatic rings. The highest BCUT2D eigenvalue weighted by atomic mass is 16.5. The zero-order valence-electron chi connectivity index (χ0n) is 15.1. The number of ether oxygens (including phenoxy) is 1. The van der Waals surface area contributed by atoms with Crippen LogP contribution in [0.25, 0.3) is 0 Å². The topological polar surface area (TPSA) is 26.3 Å². The molecule has 0 bridgehead atoms. The van der Waals surface area contributed by atoms with Gasteiger partial charge < -0.3 is 4.74 Å². The van der Waals surface area contributed by atoms with Gasteiger partial charge in [0.05, 0.1) is 6.10 Å². The Morgan fingerprint density at radius 2 is 1.57 bits per heavy atom. The second kappa shape index (κ2) is 14.7. The molecule has 1 saturated heterocycles. The third kappa shape index (κ3) is 12.2. The fraction of sp³-hybridized carbons (Fsp3) is 0.762. The first-order valence-corrected chi connectivity index (χ1v) is 9.76. The van der Waals surface area contributed by atoms with Gasteiger partial charge >= 0.3 is 0 Å². The number of allylic oxidation sites excluding steroid dienone is 4. The molecule has 0 aliphatic carbocycles. The van der Waals surface area contributed by atoms with Crippen LogP contribution in [0.1, 0.15) is 90.4 Å². The lowest BCUT2D eigenvalue weighted by molar-refractivity contribution is -0.117. The van der Waals surface area contributed by atoms with E-state index in [0.717, 1.165) is 12.8 Å². The van der Waals surface area contributed by atoms with Gasteiger partial charge in [-0.3, -0.25) is 4.79 Å². The van der Waals surface area contributed by atoms with Crippen LogP contribution < -0.4 is 0 Å². The lowest BCUT2D eigenvalue weighted by Gasteiger charge is -2.07. The van der Waals surface area contributed by atoms with Crippen molar-refractivity contribution in [3.63, 3.8) is 0 Å². The molecule has 23 heavy (non-hydrogen) atoms. The van der Waals surface area contributed by atoms with Crippen molar-refractivity contribution in [1.29, 1.82) is 0 Å². The third-order valence-corrected chi connectivity index (χ3v) is 4.41. The zero-order valence-corrected chi connectivity index (χ0v) is 15.1. The predicted octanol–water partition coefficient (Wildman–Crippen LogP) is 6.16. The summed E-state index contributed by atoms with van der Waals surface area (Å²) in [4.78, 5) is 11.1. The molecule has 2 nitrogen and oxygen atoms in total. The van der Waals surface area contributed by atoms with Crippen molar-refractivity contribution in [2.45, 2.75) is 96.5 Å². The summed E-state index contributed by atoms with van der Waals surface area (Å²) >= 11 is 0. The summed E-state index contributed by atoms with van der Waals surface area (Å²) in [5.74, 6) is 0.276. The summed E-state index contributed by atoms with van der Waals surface area (Å²) < 4.78 is 5.42. The van der Waals surface area contributed by atoms with E-state index in [1.807, 2.05) is 0 Å². The molecule has 132 valence electrons. The van der Waals surface area contributed by atoms with Gasteiger partial charge in [0.25, 0.3) is 0 Å². The van der Waals surface area contributed by atoms with Gasteiger partial charge in [-0.1, -0.05) is 69.8 Å². The van der Waals surface area contributed by atoms with Gasteiger partial charge in [0.1, 0.15) is 6.61 Å². The quantitative estimate of drug-likeness (QED) is 0.283. The van der Waals surface area contributed by atoms with Gasteiger partial charge in [-0.2, -0.15) is 0 Å². The monoisotopic (exact) mass is 320 g/mol. The maximum Gasteiger partial charge on any atom is 0.161 e. The van der Waals surface area contributed by atoms with E-state index in [1.165, 1.54) is 64.2 Å². The highest BCUT2D eigenvalue weighted by Gasteiger charge is 2.21. The molecular formula is C21H36O2. The molecule has 1 heterocycles. The standard InChI is InChI=1S/C21H36O2/c1-2-3-4-5-6-7-8-9-10-11-12-13-14-15-16-17-21-18-20(22)19-23-21/h6-7,9-10,21H,2-5,8,11-19H2,1H3/b7-6-,10-9-/t21-/m1/s1. The number of rotatable bonds is 14. The maximum absolute atomic E-state index is 11.1. The summed E-state index contributed by atoms with van der Waals surface area (Å²) in [7, 11) is 0. The number of unbranched alkanes of at least 4 members (excludes halogenated alkanes) is 8. The Bertz CT molecular complexity index is 344. The Hall–Kier alpha value is -0.890. The summed E-state index contributed by atoms with van der Waals surface area (Å²) in [5, 5.41) is 0. The van der Waals surface area contributed by atoms with Crippen molar-refractivity contribution in [2.24, 2.45) is 0 Å². The summed E-state index contributed by atoms with van der Waals surface area (Å²) in [6.07, 6.45) is 25.1. The Morgan fingerprint density at radius 3 is 2.22 bits per heavy atom. The Balaban J connectivity index is 1.78. The molecule has 0 radical (unpaired) electrons. The van der Waals surface area contributed by atoms with Crippen LogP contribution in [-0.2, 0) is 9.53 Å². The first-order valence-electron chi connectivity index (χ1n) is 9.76. The van der Waals surface area contributed by atoms with Crippen molar-refractivity contribution in [1.82, 2.24) is 0 Å². The van der Waals surface area contributed by atoms with Crippen LogP contribution in [0.3, 0.4) is 0 Å². The molecule has 1 atom stereocenters. The number of Topliss-reactive ketones (excluding diaryl/α,β-unsaturated/α-hetero) is 1. The number of carbonyl (C=O) groups is 1. The Labute approximate surface area is 143 Å². The normalized spacial score (nSPS) is 18.7. The molecule has 0 spiro atoms. The van der Waals surface area contributed by atoms with E-state index in [0.29, 0.717) is 13.0 Å². The smallest absolute Gasteiger partial charge is 0.161 e. The molecule has 1 rings (SSSR count). The lowest BCUT2D eigenvalue weighted by Crippen LogP contribution is -2.04. The molecule has 0 aromatic heterocycles. The van der Waals surface area contributed by atoms with E-state index >= 15 is 0 Å². The maximum atomic E-state index is 11.1. The molecule has 0 amide bonds. The summed E-state index contributed by atoms with van der Waals surface area (Å²) in [5.41, 5.74) is 0. The molecule has 0 aromatic carbocycles. The molecule has 1 fully saturated rings. The second-order valence-corrected chi connectivity index (χ2v) is 6.70. The van der Waals surface area contributed by atoms with Gasteiger partial charge in [0.15, 0.2) is 5.78 Å². The van der Waals surface area contributed by atoms with Crippen molar-refractivity contribution in [3.8, 4) is 0 Å². The first kappa shape index (κ1) is 20.2. The van der Waals surface area contributed by atoms with Crippen LogP contribution in [0.15, 0.2) is 24.3 Å². The second-order valence-electron chi connectivity index (χ2n) is 6.70. The van der Waals surface area contributed by atoms with Crippen LogP contribution in [0.4, 0.5) is 0 Å². The van der Waals surface area contributed by atoms with Crippen LogP contribution >= 0.6 is 0 Å². The zero-order chi connectivity index (χ0) is 16.6. The summed E-state index contributed by atoms with van der Waals surface area (Å²) in [6.45, 7) is 2.60. The highest BCUT2D eigenvalue weighted by molar-refractivity contribution is 5.81. The van der Waals surface area contributed by atoms with Gasteiger partial charge in [-0.05, 0) is 38.5 Å². The van der Waals surface area contributed by atoms with Crippen LogP contribution in [0.2, 0.25) is 0 Å². The van der Waals surface area contributed by atoms with E-state index < -0.39 is 0 Å². The molecular weight excluding hydrogens is 284 g/mol. The van der Waals surface area contributed by atoms with Gasteiger partial charge in [0.2, 0.25) is 0 Å². The minimum Gasteiger partial charge on any atom is -0.370 e. The molecule has 1 aliphatic heterocycles. The minimum absolute atomic E-state index is 0.223. The van der Waals surface area contributed by atoms with Crippen molar-refractivity contribution < 1.29 is 9.53 Å². The van der Waals surface area contributed by atoms with E-state index in [2.05, 4.69) is 31.2 Å². The third-order valence-electron chi connectivity index (χ3n) is 4.41. The SMILES string of the molecule is CCCCC/C=C\C/C=C\CCCCCCC[C@@H]1CC(=O)CO1.